The van der Waals surface area contributed by atoms with E-state index < -0.39 is 0 Å². The molecule has 6 heteroatoms. The monoisotopic (exact) mass is 368 g/mol. The van der Waals surface area contributed by atoms with Gasteiger partial charge in [-0.25, -0.2) is 4.39 Å². The van der Waals surface area contributed by atoms with Gasteiger partial charge < -0.3 is 11.1 Å². The Morgan fingerprint density at radius 2 is 1.83 bits per heavy atom. The SMILES string of the molecule is Cl.Nc1ccccc1CCC(=O)NCCCSc1ccc(F)cc1. The average molecular weight is 369 g/mol. The van der Waals surface area contributed by atoms with Crippen LogP contribution in [0.5, 0.6) is 0 Å². The Kier molecular flexibility index (Phi) is 9.27. The molecule has 2 aromatic carbocycles. The van der Waals surface area contributed by atoms with Crippen LogP contribution in [0.25, 0.3) is 0 Å². The molecule has 0 aliphatic carbocycles. The van der Waals surface area contributed by atoms with Crippen molar-refractivity contribution in [1.29, 1.82) is 0 Å². The van der Waals surface area contributed by atoms with E-state index >= 15 is 0 Å². The summed E-state index contributed by atoms with van der Waals surface area (Å²) < 4.78 is 12.8. The summed E-state index contributed by atoms with van der Waals surface area (Å²) in [6.07, 6.45) is 1.98. The molecule has 0 fully saturated rings. The second kappa shape index (κ2) is 10.9. The fourth-order valence-corrected chi connectivity index (χ4v) is 2.97. The van der Waals surface area contributed by atoms with Crippen LogP contribution in [-0.2, 0) is 11.2 Å². The van der Waals surface area contributed by atoms with Crippen molar-refractivity contribution >= 4 is 35.8 Å². The highest BCUT2D eigenvalue weighted by molar-refractivity contribution is 7.99. The third-order valence-corrected chi connectivity index (χ3v) is 4.50. The fraction of sp³-hybridized carbons (Fsp3) is 0.278. The summed E-state index contributed by atoms with van der Waals surface area (Å²) in [6, 6.07) is 14.1. The van der Waals surface area contributed by atoms with Crippen molar-refractivity contribution < 1.29 is 9.18 Å². The number of nitrogens with one attached hydrogen (secondary N) is 1. The van der Waals surface area contributed by atoms with Gasteiger partial charge in [0.05, 0.1) is 0 Å². The number of para-hydroxylation sites is 1. The zero-order chi connectivity index (χ0) is 16.5. The highest BCUT2D eigenvalue weighted by Crippen LogP contribution is 2.18. The molecule has 0 aliphatic rings. The van der Waals surface area contributed by atoms with Gasteiger partial charge in [-0.1, -0.05) is 18.2 Å². The van der Waals surface area contributed by atoms with Gasteiger partial charge in [0.2, 0.25) is 5.91 Å². The lowest BCUT2D eigenvalue weighted by molar-refractivity contribution is -0.121. The molecule has 0 heterocycles. The first kappa shape index (κ1) is 20.3. The van der Waals surface area contributed by atoms with Crippen molar-refractivity contribution in [3.63, 3.8) is 0 Å². The van der Waals surface area contributed by atoms with Gasteiger partial charge in [-0.3, -0.25) is 4.79 Å². The molecule has 0 aromatic heterocycles. The third kappa shape index (κ3) is 7.23. The molecule has 2 rings (SSSR count). The molecule has 130 valence electrons. The van der Waals surface area contributed by atoms with Gasteiger partial charge in [-0.2, -0.15) is 0 Å². The zero-order valence-corrected chi connectivity index (χ0v) is 15.0. The van der Waals surface area contributed by atoms with Gasteiger partial charge in [0.15, 0.2) is 0 Å². The van der Waals surface area contributed by atoms with Crippen LogP contribution in [-0.4, -0.2) is 18.2 Å². The lowest BCUT2D eigenvalue weighted by Gasteiger charge is -2.07. The van der Waals surface area contributed by atoms with E-state index in [-0.39, 0.29) is 24.1 Å². The molecule has 1 amide bonds. The minimum Gasteiger partial charge on any atom is -0.399 e. The van der Waals surface area contributed by atoms with Gasteiger partial charge in [0, 0.05) is 23.5 Å². The van der Waals surface area contributed by atoms with Crippen molar-refractivity contribution in [3.8, 4) is 0 Å². The zero-order valence-electron chi connectivity index (χ0n) is 13.3. The topological polar surface area (TPSA) is 55.1 Å². The van der Waals surface area contributed by atoms with Gasteiger partial charge in [0.25, 0.3) is 0 Å². The van der Waals surface area contributed by atoms with Crippen LogP contribution in [0.2, 0.25) is 0 Å². The Morgan fingerprint density at radius 1 is 1.12 bits per heavy atom. The van der Waals surface area contributed by atoms with Crippen LogP contribution in [0.1, 0.15) is 18.4 Å². The van der Waals surface area contributed by atoms with Crippen molar-refractivity contribution in [2.75, 3.05) is 18.0 Å². The van der Waals surface area contributed by atoms with Crippen molar-refractivity contribution in [3.05, 3.63) is 59.9 Å². The summed E-state index contributed by atoms with van der Waals surface area (Å²) in [6.45, 7) is 0.650. The molecular weight excluding hydrogens is 347 g/mol. The quantitative estimate of drug-likeness (QED) is 0.419. The normalized spacial score (nSPS) is 10.0. The molecule has 0 atom stereocenters. The van der Waals surface area contributed by atoms with Crippen LogP contribution in [0, 0.1) is 5.82 Å². The summed E-state index contributed by atoms with van der Waals surface area (Å²) in [4.78, 5) is 12.8. The molecule has 0 bridgehead atoms. The van der Waals surface area contributed by atoms with E-state index in [0.717, 1.165) is 28.3 Å². The summed E-state index contributed by atoms with van der Waals surface area (Å²) in [7, 11) is 0. The summed E-state index contributed by atoms with van der Waals surface area (Å²) in [5.41, 5.74) is 7.59. The van der Waals surface area contributed by atoms with E-state index in [2.05, 4.69) is 5.32 Å². The number of benzene rings is 2. The number of hydrogen-bond donors (Lipinski definition) is 2. The van der Waals surface area contributed by atoms with E-state index in [1.54, 1.807) is 23.9 Å². The number of anilines is 1. The predicted molar refractivity (Wildman–Crippen MR) is 101 cm³/mol. The molecule has 0 aliphatic heterocycles. The number of nitrogen functional groups attached to an aromatic ring is 1. The Labute approximate surface area is 152 Å². The van der Waals surface area contributed by atoms with Crippen LogP contribution < -0.4 is 11.1 Å². The molecule has 24 heavy (non-hydrogen) atoms. The largest absolute Gasteiger partial charge is 0.399 e. The minimum atomic E-state index is -0.222. The standard InChI is InChI=1S/C18H21FN2OS.ClH/c19-15-7-9-16(10-8-15)23-13-3-12-21-18(22)11-6-14-4-1-2-5-17(14)20;/h1-2,4-5,7-10H,3,6,11-13,20H2,(H,21,22);1H. The number of hydrogen-bond acceptors (Lipinski definition) is 3. The Bertz CT molecular complexity index is 637. The number of aryl methyl sites for hydroxylation is 1. The average Bonchev–Trinajstić information content (AvgIpc) is 2.55. The number of rotatable bonds is 8. The molecule has 0 radical (unpaired) electrons. The minimum absolute atomic E-state index is 0. The maximum atomic E-state index is 12.8. The first-order valence-corrected chi connectivity index (χ1v) is 8.62. The van der Waals surface area contributed by atoms with Crippen molar-refractivity contribution in [2.45, 2.75) is 24.2 Å². The van der Waals surface area contributed by atoms with Crippen molar-refractivity contribution in [2.24, 2.45) is 0 Å². The Balaban J connectivity index is 0.00000288. The summed E-state index contributed by atoms with van der Waals surface area (Å²) >= 11 is 1.66. The van der Waals surface area contributed by atoms with Crippen molar-refractivity contribution in [1.82, 2.24) is 5.32 Å². The molecule has 0 saturated heterocycles. The summed E-state index contributed by atoms with van der Waals surface area (Å²) in [5, 5.41) is 2.91. The van der Waals surface area contributed by atoms with E-state index in [1.165, 1.54) is 12.1 Å². The Hall–Kier alpha value is -1.72. The Morgan fingerprint density at radius 3 is 2.54 bits per heavy atom. The second-order valence-electron chi connectivity index (χ2n) is 5.20. The highest BCUT2D eigenvalue weighted by Gasteiger charge is 2.04. The number of halogens is 2. The molecule has 3 nitrogen and oxygen atoms in total. The molecular formula is C18H22ClFN2OS. The fourth-order valence-electron chi connectivity index (χ4n) is 2.12. The van der Waals surface area contributed by atoms with E-state index in [0.29, 0.717) is 19.4 Å². The number of nitrogens with two attached hydrogens (primary N) is 1. The smallest absolute Gasteiger partial charge is 0.220 e. The molecule has 0 saturated carbocycles. The number of carbonyl (C=O) groups is 1. The van der Waals surface area contributed by atoms with Crippen LogP contribution in [0.15, 0.2) is 53.4 Å². The third-order valence-electron chi connectivity index (χ3n) is 3.40. The van der Waals surface area contributed by atoms with Crippen LogP contribution in [0.3, 0.4) is 0 Å². The van der Waals surface area contributed by atoms with E-state index in [1.807, 2.05) is 24.3 Å². The highest BCUT2D eigenvalue weighted by atomic mass is 35.5. The molecule has 0 spiro atoms. The van der Waals surface area contributed by atoms with Gasteiger partial charge in [0.1, 0.15) is 5.82 Å². The maximum Gasteiger partial charge on any atom is 0.220 e. The number of thioether (sulfide) groups is 1. The van der Waals surface area contributed by atoms with Crippen LogP contribution in [0.4, 0.5) is 10.1 Å². The molecule has 3 N–H and O–H groups in total. The summed E-state index contributed by atoms with van der Waals surface area (Å²) in [5.74, 6) is 0.707. The first-order valence-electron chi connectivity index (χ1n) is 7.63. The lowest BCUT2D eigenvalue weighted by Crippen LogP contribution is -2.25. The molecule has 2 aromatic rings. The first-order chi connectivity index (χ1) is 11.1. The predicted octanol–water partition coefficient (Wildman–Crippen LogP) is 4.06. The lowest BCUT2D eigenvalue weighted by atomic mass is 10.1. The second-order valence-corrected chi connectivity index (χ2v) is 6.37. The van der Waals surface area contributed by atoms with E-state index in [4.69, 9.17) is 5.73 Å². The number of carbonyl (C=O) groups excluding carboxylic acids is 1. The maximum absolute atomic E-state index is 12.8. The van der Waals surface area contributed by atoms with E-state index in [9.17, 15) is 9.18 Å². The molecule has 0 unspecified atom stereocenters. The van der Waals surface area contributed by atoms with Gasteiger partial charge in [-0.15, -0.1) is 24.2 Å². The van der Waals surface area contributed by atoms with Gasteiger partial charge >= 0.3 is 0 Å². The number of amides is 1. The van der Waals surface area contributed by atoms with Crippen LogP contribution >= 0.6 is 24.2 Å². The van der Waals surface area contributed by atoms with Gasteiger partial charge in [-0.05, 0) is 54.5 Å².